The minimum absolute atomic E-state index is 0.375. The highest BCUT2D eigenvalue weighted by atomic mass is 35.5. The highest BCUT2D eigenvalue weighted by Gasteiger charge is 2.15. The molecule has 1 N–H and O–H groups in total. The zero-order valence-electron chi connectivity index (χ0n) is 12.3. The van der Waals surface area contributed by atoms with Gasteiger partial charge in [-0.25, -0.2) is 0 Å². The van der Waals surface area contributed by atoms with Crippen molar-refractivity contribution < 1.29 is 9.47 Å². The van der Waals surface area contributed by atoms with Crippen molar-refractivity contribution in [3.8, 4) is 5.75 Å². The molecule has 0 saturated carbocycles. The van der Waals surface area contributed by atoms with Crippen molar-refractivity contribution in [3.05, 3.63) is 28.8 Å². The third kappa shape index (κ3) is 4.97. The van der Waals surface area contributed by atoms with E-state index in [-0.39, 0.29) is 0 Å². The Morgan fingerprint density at radius 3 is 3.00 bits per heavy atom. The van der Waals surface area contributed by atoms with Crippen LogP contribution in [0.2, 0.25) is 5.02 Å². The van der Waals surface area contributed by atoms with Gasteiger partial charge in [0.2, 0.25) is 0 Å². The second kappa shape index (κ2) is 7.87. The Kier molecular flexibility index (Phi) is 6.14. The Bertz CT molecular complexity index is 417. The number of nitrogens with one attached hydrogen (secondary N) is 1. The highest BCUT2D eigenvalue weighted by molar-refractivity contribution is 6.30. The van der Waals surface area contributed by atoms with E-state index in [4.69, 9.17) is 21.1 Å². The molecular weight excluding hydrogens is 274 g/mol. The van der Waals surface area contributed by atoms with Gasteiger partial charge in [-0.2, -0.15) is 0 Å². The Hall–Kier alpha value is -0.770. The summed E-state index contributed by atoms with van der Waals surface area (Å²) < 4.78 is 11.5. The Morgan fingerprint density at radius 2 is 2.30 bits per heavy atom. The van der Waals surface area contributed by atoms with Crippen LogP contribution in [0.3, 0.4) is 0 Å². The first-order valence-corrected chi connectivity index (χ1v) is 7.79. The molecule has 1 aliphatic heterocycles. The van der Waals surface area contributed by atoms with Crippen LogP contribution in [0.15, 0.2) is 18.2 Å². The van der Waals surface area contributed by atoms with Crippen LogP contribution in [0.4, 0.5) is 0 Å². The lowest BCUT2D eigenvalue weighted by Crippen LogP contribution is -2.22. The molecule has 1 saturated heterocycles. The molecule has 1 aromatic rings. The first-order valence-electron chi connectivity index (χ1n) is 7.41. The van der Waals surface area contributed by atoms with Crippen LogP contribution < -0.4 is 10.1 Å². The molecule has 3 nitrogen and oxygen atoms in total. The molecule has 0 aliphatic carbocycles. The third-order valence-electron chi connectivity index (χ3n) is 3.44. The van der Waals surface area contributed by atoms with Crippen LogP contribution in [0.5, 0.6) is 5.75 Å². The van der Waals surface area contributed by atoms with Crippen LogP contribution >= 0.6 is 11.6 Å². The summed E-state index contributed by atoms with van der Waals surface area (Å²) in [6.45, 7) is 6.62. The number of benzene rings is 1. The van der Waals surface area contributed by atoms with E-state index in [1.165, 1.54) is 6.42 Å². The molecule has 0 amide bonds. The van der Waals surface area contributed by atoms with E-state index in [9.17, 15) is 0 Å². The maximum atomic E-state index is 6.07. The van der Waals surface area contributed by atoms with Gasteiger partial charge >= 0.3 is 0 Å². The van der Waals surface area contributed by atoms with E-state index in [0.717, 1.165) is 42.3 Å². The summed E-state index contributed by atoms with van der Waals surface area (Å²) in [6, 6.07) is 6.24. The van der Waals surface area contributed by atoms with E-state index >= 15 is 0 Å². The minimum Gasteiger partial charge on any atom is -0.493 e. The predicted octanol–water partition coefficient (Wildman–Crippen LogP) is 3.79. The number of halogens is 1. The van der Waals surface area contributed by atoms with Gasteiger partial charge in [-0.15, -0.1) is 0 Å². The fraction of sp³-hybridized carbons (Fsp3) is 0.625. The fourth-order valence-electron chi connectivity index (χ4n) is 2.31. The van der Waals surface area contributed by atoms with Gasteiger partial charge in [0.05, 0.1) is 12.7 Å². The zero-order chi connectivity index (χ0) is 14.4. The maximum absolute atomic E-state index is 6.07. The fourth-order valence-corrected chi connectivity index (χ4v) is 2.51. The van der Waals surface area contributed by atoms with Crippen LogP contribution in [0.1, 0.15) is 38.7 Å². The van der Waals surface area contributed by atoms with Gasteiger partial charge in [0.1, 0.15) is 5.75 Å². The third-order valence-corrected chi connectivity index (χ3v) is 3.68. The number of rotatable bonds is 7. The molecule has 0 spiro atoms. The largest absolute Gasteiger partial charge is 0.493 e. The zero-order valence-corrected chi connectivity index (χ0v) is 13.1. The number of ether oxygens (including phenoxy) is 2. The second-order valence-electron chi connectivity index (χ2n) is 5.56. The number of hydrogen-bond acceptors (Lipinski definition) is 3. The molecule has 1 unspecified atom stereocenters. The molecular formula is C16H24ClNO2. The first kappa shape index (κ1) is 15.6. The lowest BCUT2D eigenvalue weighted by atomic mass is 10.1. The summed E-state index contributed by atoms with van der Waals surface area (Å²) in [4.78, 5) is 0. The SMILES string of the molecule is CC(C)NCc1cc(Cl)ccc1OCCC1CCCO1. The van der Waals surface area contributed by atoms with Crippen molar-refractivity contribution in [3.63, 3.8) is 0 Å². The Morgan fingerprint density at radius 1 is 1.45 bits per heavy atom. The molecule has 1 heterocycles. The van der Waals surface area contributed by atoms with Crippen molar-refractivity contribution >= 4 is 11.6 Å². The van der Waals surface area contributed by atoms with Gasteiger partial charge in [-0.3, -0.25) is 0 Å². The molecule has 112 valence electrons. The molecule has 0 bridgehead atoms. The van der Waals surface area contributed by atoms with Crippen LogP contribution in [0.25, 0.3) is 0 Å². The standard InChI is InChI=1S/C16H24ClNO2/c1-12(2)18-11-13-10-14(17)5-6-16(13)20-9-7-15-4-3-8-19-15/h5-6,10,12,15,18H,3-4,7-9,11H2,1-2H3. The highest BCUT2D eigenvalue weighted by Crippen LogP contribution is 2.24. The van der Waals surface area contributed by atoms with Gasteiger partial charge in [-0.1, -0.05) is 25.4 Å². The van der Waals surface area contributed by atoms with Gasteiger partial charge in [-0.05, 0) is 31.0 Å². The maximum Gasteiger partial charge on any atom is 0.123 e. The van der Waals surface area contributed by atoms with E-state index in [0.29, 0.717) is 18.8 Å². The average molecular weight is 298 g/mol. The number of hydrogen-bond donors (Lipinski definition) is 1. The van der Waals surface area contributed by atoms with Crippen molar-refractivity contribution in [1.82, 2.24) is 5.32 Å². The minimum atomic E-state index is 0.375. The van der Waals surface area contributed by atoms with Crippen molar-refractivity contribution in [2.45, 2.75) is 51.8 Å². The summed E-state index contributed by atoms with van der Waals surface area (Å²) >= 11 is 6.07. The molecule has 1 fully saturated rings. The molecule has 1 aromatic carbocycles. The second-order valence-corrected chi connectivity index (χ2v) is 6.00. The Labute approximate surface area is 126 Å². The molecule has 20 heavy (non-hydrogen) atoms. The van der Waals surface area contributed by atoms with Crippen molar-refractivity contribution in [2.75, 3.05) is 13.2 Å². The lowest BCUT2D eigenvalue weighted by Gasteiger charge is -2.15. The van der Waals surface area contributed by atoms with Crippen LogP contribution in [-0.4, -0.2) is 25.4 Å². The summed E-state index contributed by atoms with van der Waals surface area (Å²) in [5.41, 5.74) is 1.11. The lowest BCUT2D eigenvalue weighted by molar-refractivity contribution is 0.0902. The van der Waals surface area contributed by atoms with Gasteiger partial charge in [0, 0.05) is 36.2 Å². The van der Waals surface area contributed by atoms with E-state index < -0.39 is 0 Å². The molecule has 1 aliphatic rings. The average Bonchev–Trinajstić information content (AvgIpc) is 2.91. The smallest absolute Gasteiger partial charge is 0.123 e. The summed E-state index contributed by atoms with van der Waals surface area (Å²) in [7, 11) is 0. The summed E-state index contributed by atoms with van der Waals surface area (Å²) in [5, 5.41) is 4.14. The topological polar surface area (TPSA) is 30.5 Å². The van der Waals surface area contributed by atoms with Crippen molar-refractivity contribution in [2.24, 2.45) is 0 Å². The monoisotopic (exact) mass is 297 g/mol. The molecule has 4 heteroatoms. The van der Waals surface area contributed by atoms with Crippen LogP contribution in [-0.2, 0) is 11.3 Å². The van der Waals surface area contributed by atoms with Crippen molar-refractivity contribution in [1.29, 1.82) is 0 Å². The van der Waals surface area contributed by atoms with Crippen LogP contribution in [0, 0.1) is 0 Å². The molecule has 2 rings (SSSR count). The first-order chi connectivity index (χ1) is 9.65. The van der Waals surface area contributed by atoms with Gasteiger partial charge in [0.25, 0.3) is 0 Å². The van der Waals surface area contributed by atoms with E-state index in [2.05, 4.69) is 19.2 Å². The molecule has 1 atom stereocenters. The normalized spacial score (nSPS) is 18.7. The van der Waals surface area contributed by atoms with Gasteiger partial charge < -0.3 is 14.8 Å². The van der Waals surface area contributed by atoms with E-state index in [1.807, 2.05) is 18.2 Å². The molecule has 0 radical (unpaired) electrons. The quantitative estimate of drug-likeness (QED) is 0.831. The summed E-state index contributed by atoms with van der Waals surface area (Å²) in [6.07, 6.45) is 3.67. The van der Waals surface area contributed by atoms with Gasteiger partial charge in [0.15, 0.2) is 0 Å². The van der Waals surface area contributed by atoms with E-state index in [1.54, 1.807) is 0 Å². The Balaban J connectivity index is 1.88. The molecule has 0 aromatic heterocycles. The predicted molar refractivity (Wildman–Crippen MR) is 82.5 cm³/mol. The summed E-state index contributed by atoms with van der Waals surface area (Å²) in [5.74, 6) is 0.917.